The highest BCUT2D eigenvalue weighted by atomic mass is 32.2. The van der Waals surface area contributed by atoms with E-state index in [2.05, 4.69) is 14.8 Å². The fourth-order valence-electron chi connectivity index (χ4n) is 2.31. The number of nitrogens with one attached hydrogen (secondary N) is 2. The summed E-state index contributed by atoms with van der Waals surface area (Å²) in [5, 5.41) is 2.58. The van der Waals surface area contributed by atoms with Crippen molar-refractivity contribution in [3.05, 3.63) is 42.5 Å². The minimum Gasteiger partial charge on any atom is -0.479 e. The predicted octanol–water partition coefficient (Wildman–Crippen LogP) is 3.11. The third-order valence-electron chi connectivity index (χ3n) is 3.53. The minimum atomic E-state index is -4.87. The molecule has 0 aromatic heterocycles. The summed E-state index contributed by atoms with van der Waals surface area (Å²) in [5.74, 6) is -0.523. The van der Waals surface area contributed by atoms with Crippen molar-refractivity contribution in [2.45, 2.75) is 24.3 Å². The number of halogens is 3. The smallest absolute Gasteiger partial charge is 0.479 e. The maximum absolute atomic E-state index is 12.4. The number of carbonyl (C=O) groups is 1. The molecule has 144 valence electrons. The van der Waals surface area contributed by atoms with Gasteiger partial charge in [0.15, 0.2) is 6.10 Å². The van der Waals surface area contributed by atoms with E-state index in [0.29, 0.717) is 11.4 Å². The monoisotopic (exact) mass is 402 g/mol. The highest BCUT2D eigenvalue weighted by molar-refractivity contribution is 7.92. The molecule has 1 aliphatic heterocycles. The largest absolute Gasteiger partial charge is 0.573 e. The van der Waals surface area contributed by atoms with Gasteiger partial charge in [-0.05, 0) is 49.4 Å². The van der Waals surface area contributed by atoms with E-state index in [0.717, 1.165) is 24.3 Å². The van der Waals surface area contributed by atoms with E-state index in [4.69, 9.17) is 4.74 Å². The van der Waals surface area contributed by atoms with Crippen LogP contribution >= 0.6 is 0 Å². The summed E-state index contributed by atoms with van der Waals surface area (Å²) in [6, 6.07) is 8.04. The molecule has 0 unspecified atom stereocenters. The predicted molar refractivity (Wildman–Crippen MR) is 89.1 cm³/mol. The number of amides is 1. The number of hydrogen-bond acceptors (Lipinski definition) is 5. The van der Waals surface area contributed by atoms with Crippen molar-refractivity contribution in [2.75, 3.05) is 10.0 Å². The Morgan fingerprint density at radius 3 is 2.44 bits per heavy atom. The van der Waals surface area contributed by atoms with Crippen molar-refractivity contribution in [2.24, 2.45) is 0 Å². The van der Waals surface area contributed by atoms with Crippen LogP contribution in [0.1, 0.15) is 6.92 Å². The first kappa shape index (κ1) is 18.8. The van der Waals surface area contributed by atoms with Crippen LogP contribution in [0.4, 0.5) is 24.5 Å². The number of rotatable bonds is 4. The molecule has 11 heteroatoms. The van der Waals surface area contributed by atoms with Gasteiger partial charge in [-0.2, -0.15) is 0 Å². The van der Waals surface area contributed by atoms with Crippen LogP contribution in [-0.2, 0) is 14.8 Å². The Morgan fingerprint density at radius 2 is 1.81 bits per heavy atom. The normalized spacial score (nSPS) is 16.7. The molecule has 0 aliphatic carbocycles. The van der Waals surface area contributed by atoms with E-state index >= 15 is 0 Å². The zero-order valence-electron chi connectivity index (χ0n) is 13.7. The number of carbonyl (C=O) groups excluding carboxylic acids is 1. The van der Waals surface area contributed by atoms with Gasteiger partial charge in [0.25, 0.3) is 15.9 Å². The lowest BCUT2D eigenvalue weighted by molar-refractivity contribution is -0.274. The summed E-state index contributed by atoms with van der Waals surface area (Å²) in [6.45, 7) is 1.57. The number of ether oxygens (including phenoxy) is 2. The molecule has 27 heavy (non-hydrogen) atoms. The maximum Gasteiger partial charge on any atom is 0.573 e. The van der Waals surface area contributed by atoms with Crippen LogP contribution in [0.2, 0.25) is 0 Å². The Hall–Kier alpha value is -2.95. The van der Waals surface area contributed by atoms with Crippen LogP contribution in [-0.4, -0.2) is 26.8 Å². The number of fused-ring (bicyclic) bond motifs is 1. The summed E-state index contributed by atoms with van der Waals surface area (Å²) >= 11 is 0. The molecule has 0 radical (unpaired) electrons. The van der Waals surface area contributed by atoms with Crippen LogP contribution in [0.3, 0.4) is 0 Å². The number of sulfonamides is 1. The van der Waals surface area contributed by atoms with Gasteiger partial charge in [-0.3, -0.25) is 9.52 Å². The van der Waals surface area contributed by atoms with E-state index in [1.54, 1.807) is 6.92 Å². The lowest BCUT2D eigenvalue weighted by Gasteiger charge is -2.23. The van der Waals surface area contributed by atoms with E-state index in [1.165, 1.54) is 18.2 Å². The first-order valence-corrected chi connectivity index (χ1v) is 9.02. The molecule has 1 atom stereocenters. The topological polar surface area (TPSA) is 93.7 Å². The second-order valence-corrected chi connectivity index (χ2v) is 7.27. The molecule has 0 spiro atoms. The standard InChI is InChI=1S/C16H13F3N2O5S/c1-9-15(22)20-13-8-10(2-7-14(13)25-9)21-27(23,24)12-5-3-11(4-6-12)26-16(17,18)19/h2-9,21H,1H3,(H,20,22)/t9-/m0/s1. The molecule has 3 rings (SSSR count). The number of hydrogen-bond donors (Lipinski definition) is 2. The zero-order valence-corrected chi connectivity index (χ0v) is 14.5. The molecular formula is C16H13F3N2O5S. The summed E-state index contributed by atoms with van der Waals surface area (Å²) in [5.41, 5.74) is 0.440. The van der Waals surface area contributed by atoms with Crippen molar-refractivity contribution in [1.82, 2.24) is 0 Å². The van der Waals surface area contributed by atoms with Gasteiger partial charge in [0.2, 0.25) is 0 Å². The zero-order chi connectivity index (χ0) is 19.8. The minimum absolute atomic E-state index is 0.142. The Balaban J connectivity index is 1.79. The lowest BCUT2D eigenvalue weighted by Crippen LogP contribution is -2.34. The number of benzene rings is 2. The lowest BCUT2D eigenvalue weighted by atomic mass is 10.2. The summed E-state index contributed by atoms with van der Waals surface area (Å²) in [4.78, 5) is 11.4. The number of alkyl halides is 3. The first-order chi connectivity index (χ1) is 12.5. The summed E-state index contributed by atoms with van der Waals surface area (Å²) in [7, 11) is -4.06. The second kappa shape index (κ2) is 6.65. The SMILES string of the molecule is C[C@@H]1Oc2ccc(NS(=O)(=O)c3ccc(OC(F)(F)F)cc3)cc2NC1=O. The van der Waals surface area contributed by atoms with Gasteiger partial charge in [0.05, 0.1) is 16.3 Å². The van der Waals surface area contributed by atoms with Gasteiger partial charge < -0.3 is 14.8 Å². The van der Waals surface area contributed by atoms with E-state index in [1.807, 2.05) is 0 Å². The molecule has 1 aliphatic rings. The van der Waals surface area contributed by atoms with Gasteiger partial charge in [0, 0.05) is 0 Å². The molecule has 0 fully saturated rings. The van der Waals surface area contributed by atoms with Crippen molar-refractivity contribution < 1.29 is 35.9 Å². The highest BCUT2D eigenvalue weighted by Crippen LogP contribution is 2.33. The molecular weight excluding hydrogens is 389 g/mol. The van der Waals surface area contributed by atoms with Crippen molar-refractivity contribution in [3.63, 3.8) is 0 Å². The summed E-state index contributed by atoms with van der Waals surface area (Å²) in [6.07, 6.45) is -5.54. The molecule has 2 N–H and O–H groups in total. The van der Waals surface area contributed by atoms with Gasteiger partial charge >= 0.3 is 6.36 Å². The van der Waals surface area contributed by atoms with Gasteiger partial charge in [-0.1, -0.05) is 0 Å². The van der Waals surface area contributed by atoms with E-state index in [-0.39, 0.29) is 16.5 Å². The van der Waals surface area contributed by atoms with Crippen LogP contribution in [0.5, 0.6) is 11.5 Å². The average molecular weight is 402 g/mol. The molecule has 2 aromatic carbocycles. The van der Waals surface area contributed by atoms with Crippen molar-refractivity contribution in [3.8, 4) is 11.5 Å². The molecule has 1 amide bonds. The van der Waals surface area contributed by atoms with Crippen LogP contribution in [0.25, 0.3) is 0 Å². The van der Waals surface area contributed by atoms with Crippen LogP contribution in [0, 0.1) is 0 Å². The number of anilines is 2. The molecule has 0 saturated carbocycles. The van der Waals surface area contributed by atoms with Gasteiger partial charge in [-0.25, -0.2) is 8.42 Å². The molecule has 7 nitrogen and oxygen atoms in total. The average Bonchev–Trinajstić information content (AvgIpc) is 2.55. The van der Waals surface area contributed by atoms with Crippen molar-refractivity contribution in [1.29, 1.82) is 0 Å². The van der Waals surface area contributed by atoms with Gasteiger partial charge in [-0.15, -0.1) is 13.2 Å². The Morgan fingerprint density at radius 1 is 1.15 bits per heavy atom. The molecule has 2 aromatic rings. The van der Waals surface area contributed by atoms with E-state index in [9.17, 15) is 26.4 Å². The first-order valence-electron chi connectivity index (χ1n) is 7.54. The quantitative estimate of drug-likeness (QED) is 0.820. The third kappa shape index (κ3) is 4.42. The Kier molecular flexibility index (Phi) is 4.64. The maximum atomic E-state index is 12.4. The van der Waals surface area contributed by atoms with Crippen LogP contribution in [0.15, 0.2) is 47.4 Å². The highest BCUT2D eigenvalue weighted by Gasteiger charge is 2.31. The third-order valence-corrected chi connectivity index (χ3v) is 4.93. The van der Waals surface area contributed by atoms with Gasteiger partial charge in [0.1, 0.15) is 11.5 Å². The fraction of sp³-hybridized carbons (Fsp3) is 0.188. The molecule has 0 bridgehead atoms. The second-order valence-electron chi connectivity index (χ2n) is 5.58. The Labute approximate surface area is 152 Å². The molecule has 1 heterocycles. The van der Waals surface area contributed by atoms with Crippen molar-refractivity contribution >= 4 is 27.3 Å². The fourth-order valence-corrected chi connectivity index (χ4v) is 3.36. The summed E-state index contributed by atoms with van der Waals surface area (Å²) < 4.78 is 72.6. The molecule has 0 saturated heterocycles. The van der Waals surface area contributed by atoms with E-state index < -0.39 is 28.2 Å². The Bertz CT molecular complexity index is 975. The van der Waals surface area contributed by atoms with Crippen LogP contribution < -0.4 is 19.5 Å².